The van der Waals surface area contributed by atoms with Gasteiger partial charge < -0.3 is 10.0 Å². The Kier molecular flexibility index (Phi) is 3.19. The van der Waals surface area contributed by atoms with Crippen molar-refractivity contribution < 1.29 is 5.11 Å². The molecule has 0 rings (SSSR count). The van der Waals surface area contributed by atoms with Crippen LogP contribution in [0.3, 0.4) is 0 Å². The van der Waals surface area contributed by atoms with E-state index in [1.165, 1.54) is 0 Å². The fourth-order valence-electron chi connectivity index (χ4n) is 0.312. The van der Waals surface area contributed by atoms with E-state index in [9.17, 15) is 0 Å². The minimum atomic E-state index is -0.162. The van der Waals surface area contributed by atoms with Crippen LogP contribution in [0.4, 0.5) is 0 Å². The number of hydrogen-bond acceptors (Lipinski definition) is 2. The highest BCUT2D eigenvalue weighted by atomic mass is 16.3. The molecule has 2 N–H and O–H groups in total. The predicted octanol–water partition coefficient (Wildman–Crippen LogP) is -0.0923. The van der Waals surface area contributed by atoms with E-state index in [-0.39, 0.29) is 12.4 Å². The molecule has 0 aromatic rings. The summed E-state index contributed by atoms with van der Waals surface area (Å²) in [6.45, 7) is 2.55. The lowest BCUT2D eigenvalue weighted by atomic mass is 10.5. The van der Waals surface area contributed by atoms with Crippen LogP contribution in [0.2, 0.25) is 0 Å². The van der Waals surface area contributed by atoms with Crippen molar-refractivity contribution >= 4 is 5.84 Å². The Morgan fingerprint density at radius 3 is 2.38 bits per heavy atom. The van der Waals surface area contributed by atoms with E-state index in [4.69, 9.17) is 10.5 Å². The van der Waals surface area contributed by atoms with Crippen molar-refractivity contribution in [3.05, 3.63) is 0 Å². The number of hydrogen-bond donors (Lipinski definition) is 2. The molecule has 0 radical (unpaired) electrons. The first kappa shape index (κ1) is 7.43. The zero-order valence-corrected chi connectivity index (χ0v) is 5.31. The molecule has 0 saturated carbocycles. The molecular weight excluding hydrogens is 104 g/mol. The maximum atomic E-state index is 8.37. The molecule has 48 valence electrons. The Balaban J connectivity index is 3.46. The summed E-state index contributed by atoms with van der Waals surface area (Å²) in [6, 6.07) is 0. The third-order valence-corrected chi connectivity index (χ3v) is 1.08. The van der Waals surface area contributed by atoms with E-state index >= 15 is 0 Å². The van der Waals surface area contributed by atoms with Crippen LogP contribution in [-0.2, 0) is 0 Å². The molecule has 3 nitrogen and oxygen atoms in total. The number of nitrogens with one attached hydrogen (secondary N) is 1. The third kappa shape index (κ3) is 1.93. The van der Waals surface area contributed by atoms with E-state index in [0.29, 0.717) is 0 Å². The van der Waals surface area contributed by atoms with Crippen LogP contribution in [0, 0.1) is 5.41 Å². The zero-order valence-electron chi connectivity index (χ0n) is 5.31. The van der Waals surface area contributed by atoms with Crippen LogP contribution < -0.4 is 0 Å². The van der Waals surface area contributed by atoms with Gasteiger partial charge in [0, 0.05) is 13.6 Å². The molecule has 0 amide bonds. The number of likely N-dealkylation sites (N-methyl/N-ethyl adjacent to an activating group) is 1. The molecule has 8 heavy (non-hydrogen) atoms. The number of amidine groups is 1. The predicted molar refractivity (Wildman–Crippen MR) is 33.1 cm³/mol. The highest BCUT2D eigenvalue weighted by Gasteiger charge is 1.96. The summed E-state index contributed by atoms with van der Waals surface area (Å²) in [5, 5.41) is 15.4. The molecular formula is C5H12N2O. The highest BCUT2D eigenvalue weighted by Crippen LogP contribution is 1.80. The fraction of sp³-hybridized carbons (Fsp3) is 0.800. The van der Waals surface area contributed by atoms with E-state index in [1.807, 2.05) is 6.92 Å². The number of rotatable bonds is 2. The topological polar surface area (TPSA) is 47.3 Å². The molecule has 0 aromatic heterocycles. The number of aliphatic hydroxyl groups is 1. The van der Waals surface area contributed by atoms with Crippen molar-refractivity contribution in [3.63, 3.8) is 0 Å². The first-order chi connectivity index (χ1) is 3.72. The number of nitrogens with zero attached hydrogens (tertiary/aromatic N) is 1. The molecule has 0 bridgehead atoms. The first-order valence-electron chi connectivity index (χ1n) is 2.61. The standard InChI is InChI=1S/C5H12N2O/c1-3-7(2)5(6)4-8/h6,8H,3-4H2,1-2H3. The second kappa shape index (κ2) is 3.43. The van der Waals surface area contributed by atoms with Crippen LogP contribution >= 0.6 is 0 Å². The molecule has 3 heteroatoms. The van der Waals surface area contributed by atoms with Gasteiger partial charge in [-0.3, -0.25) is 5.41 Å². The maximum Gasteiger partial charge on any atom is 0.122 e. The molecule has 0 fully saturated rings. The zero-order chi connectivity index (χ0) is 6.57. The molecule has 0 aliphatic rings. The van der Waals surface area contributed by atoms with Crippen LogP contribution in [0.25, 0.3) is 0 Å². The Morgan fingerprint density at radius 2 is 2.25 bits per heavy atom. The smallest absolute Gasteiger partial charge is 0.122 e. The fourth-order valence-corrected chi connectivity index (χ4v) is 0.312. The molecule has 0 aromatic carbocycles. The van der Waals surface area contributed by atoms with Crippen molar-refractivity contribution in [3.8, 4) is 0 Å². The van der Waals surface area contributed by atoms with Gasteiger partial charge in [-0.25, -0.2) is 0 Å². The van der Waals surface area contributed by atoms with Gasteiger partial charge in [-0.05, 0) is 6.92 Å². The Labute approximate surface area is 49.4 Å². The summed E-state index contributed by atoms with van der Waals surface area (Å²) < 4.78 is 0. The summed E-state index contributed by atoms with van der Waals surface area (Å²) in [5.74, 6) is 0.271. The summed E-state index contributed by atoms with van der Waals surface area (Å²) in [4.78, 5) is 1.68. The Morgan fingerprint density at radius 1 is 1.75 bits per heavy atom. The molecule has 0 atom stereocenters. The molecule has 0 aliphatic heterocycles. The van der Waals surface area contributed by atoms with Gasteiger partial charge in [-0.2, -0.15) is 0 Å². The van der Waals surface area contributed by atoms with Gasteiger partial charge in [0.25, 0.3) is 0 Å². The van der Waals surface area contributed by atoms with Gasteiger partial charge in [0.15, 0.2) is 0 Å². The summed E-state index contributed by atoms with van der Waals surface area (Å²) in [6.07, 6.45) is 0. The molecule has 0 saturated heterocycles. The third-order valence-electron chi connectivity index (χ3n) is 1.08. The molecule has 0 aliphatic carbocycles. The average molecular weight is 116 g/mol. The average Bonchev–Trinajstić information content (AvgIpc) is 1.84. The Hall–Kier alpha value is -0.570. The summed E-state index contributed by atoms with van der Waals surface area (Å²) in [5.41, 5.74) is 0. The quantitative estimate of drug-likeness (QED) is 0.391. The maximum absolute atomic E-state index is 8.37. The normalized spacial score (nSPS) is 8.88. The summed E-state index contributed by atoms with van der Waals surface area (Å²) >= 11 is 0. The minimum absolute atomic E-state index is 0.162. The van der Waals surface area contributed by atoms with Crippen LogP contribution in [0.5, 0.6) is 0 Å². The van der Waals surface area contributed by atoms with Gasteiger partial charge in [0.05, 0.1) is 0 Å². The van der Waals surface area contributed by atoms with Crippen molar-refractivity contribution in [2.24, 2.45) is 0 Å². The highest BCUT2D eigenvalue weighted by molar-refractivity contribution is 5.79. The lowest BCUT2D eigenvalue weighted by molar-refractivity contribution is 0.333. The van der Waals surface area contributed by atoms with Crippen molar-refractivity contribution in [1.29, 1.82) is 5.41 Å². The monoisotopic (exact) mass is 116 g/mol. The van der Waals surface area contributed by atoms with Gasteiger partial charge in [0.2, 0.25) is 0 Å². The molecule has 0 heterocycles. The van der Waals surface area contributed by atoms with Crippen molar-refractivity contribution in [2.75, 3.05) is 20.2 Å². The molecule has 0 spiro atoms. The van der Waals surface area contributed by atoms with E-state index in [0.717, 1.165) is 6.54 Å². The van der Waals surface area contributed by atoms with Gasteiger partial charge in [-0.1, -0.05) is 0 Å². The van der Waals surface area contributed by atoms with Crippen LogP contribution in [-0.4, -0.2) is 36.0 Å². The minimum Gasteiger partial charge on any atom is -0.388 e. The SMILES string of the molecule is CCN(C)C(=N)CO. The Bertz CT molecular complexity index is 82.5. The molecule has 0 unspecified atom stereocenters. The second-order valence-electron chi connectivity index (χ2n) is 1.62. The first-order valence-corrected chi connectivity index (χ1v) is 2.61. The summed E-state index contributed by atoms with van der Waals surface area (Å²) in [7, 11) is 1.78. The largest absolute Gasteiger partial charge is 0.388 e. The van der Waals surface area contributed by atoms with E-state index in [1.54, 1.807) is 11.9 Å². The van der Waals surface area contributed by atoms with Crippen LogP contribution in [0.1, 0.15) is 6.92 Å². The second-order valence-corrected chi connectivity index (χ2v) is 1.62. The van der Waals surface area contributed by atoms with Gasteiger partial charge in [-0.15, -0.1) is 0 Å². The lowest BCUT2D eigenvalue weighted by Gasteiger charge is -2.14. The van der Waals surface area contributed by atoms with E-state index in [2.05, 4.69) is 0 Å². The van der Waals surface area contributed by atoms with Gasteiger partial charge in [0.1, 0.15) is 12.4 Å². The van der Waals surface area contributed by atoms with Crippen molar-refractivity contribution in [1.82, 2.24) is 4.90 Å². The van der Waals surface area contributed by atoms with Gasteiger partial charge >= 0.3 is 0 Å². The lowest BCUT2D eigenvalue weighted by Crippen LogP contribution is -2.27. The van der Waals surface area contributed by atoms with Crippen molar-refractivity contribution in [2.45, 2.75) is 6.92 Å². The van der Waals surface area contributed by atoms with Crippen LogP contribution in [0.15, 0.2) is 0 Å². The number of aliphatic hydroxyl groups excluding tert-OH is 1. The van der Waals surface area contributed by atoms with E-state index < -0.39 is 0 Å².